The Balaban J connectivity index is 1.80. The SMILES string of the molecule is CCCCNCC(O)COc1cccc2sncc12. The van der Waals surface area contributed by atoms with Crippen molar-refractivity contribution in [2.45, 2.75) is 25.9 Å². The highest BCUT2D eigenvalue weighted by Crippen LogP contribution is 2.27. The number of ether oxygens (including phenoxy) is 1. The molecule has 1 aromatic heterocycles. The molecule has 0 aliphatic rings. The van der Waals surface area contributed by atoms with Crippen LogP contribution < -0.4 is 10.1 Å². The molecule has 0 spiro atoms. The standard InChI is InChI=1S/C14H20N2O2S/c1-2-3-7-15-8-11(17)10-18-13-5-4-6-14-12(13)9-16-19-14/h4-6,9,11,15,17H,2-3,7-8,10H2,1H3. The van der Waals surface area contributed by atoms with Gasteiger partial charge in [-0.1, -0.05) is 19.4 Å². The van der Waals surface area contributed by atoms with Crippen LogP contribution in [0.5, 0.6) is 5.75 Å². The Hall–Kier alpha value is -1.17. The smallest absolute Gasteiger partial charge is 0.129 e. The third-order valence-corrected chi connectivity index (χ3v) is 3.64. The molecule has 2 N–H and O–H groups in total. The van der Waals surface area contributed by atoms with Crippen LogP contribution in [-0.2, 0) is 0 Å². The van der Waals surface area contributed by atoms with E-state index in [1.165, 1.54) is 11.5 Å². The van der Waals surface area contributed by atoms with E-state index in [0.29, 0.717) is 13.2 Å². The number of aromatic nitrogens is 1. The van der Waals surface area contributed by atoms with Crippen molar-refractivity contribution in [1.29, 1.82) is 0 Å². The molecule has 0 saturated carbocycles. The van der Waals surface area contributed by atoms with Gasteiger partial charge in [0.15, 0.2) is 0 Å². The van der Waals surface area contributed by atoms with Crippen molar-refractivity contribution >= 4 is 21.6 Å². The monoisotopic (exact) mass is 280 g/mol. The number of nitrogens with one attached hydrogen (secondary N) is 1. The topological polar surface area (TPSA) is 54.4 Å². The van der Waals surface area contributed by atoms with Gasteiger partial charge in [0.05, 0.1) is 16.3 Å². The Morgan fingerprint density at radius 2 is 2.37 bits per heavy atom. The molecule has 0 fully saturated rings. The molecular formula is C14H20N2O2S. The van der Waals surface area contributed by atoms with Gasteiger partial charge in [-0.3, -0.25) is 0 Å². The molecule has 0 bridgehead atoms. The van der Waals surface area contributed by atoms with Gasteiger partial charge < -0.3 is 15.2 Å². The molecule has 5 heteroatoms. The van der Waals surface area contributed by atoms with Gasteiger partial charge in [0.1, 0.15) is 18.5 Å². The summed E-state index contributed by atoms with van der Waals surface area (Å²) in [5.74, 6) is 0.791. The van der Waals surface area contributed by atoms with Crippen LogP contribution in [0.1, 0.15) is 19.8 Å². The highest BCUT2D eigenvalue weighted by Gasteiger charge is 2.08. The van der Waals surface area contributed by atoms with Crippen LogP contribution >= 0.6 is 11.5 Å². The van der Waals surface area contributed by atoms with Crippen LogP contribution in [0.3, 0.4) is 0 Å². The number of aliphatic hydroxyl groups excluding tert-OH is 1. The summed E-state index contributed by atoms with van der Waals surface area (Å²) in [6.07, 6.45) is 3.61. The number of hydrogen-bond donors (Lipinski definition) is 2. The third kappa shape index (κ3) is 4.16. The second-order valence-electron chi connectivity index (χ2n) is 4.52. The maximum absolute atomic E-state index is 9.83. The quantitative estimate of drug-likeness (QED) is 0.729. The molecule has 1 atom stereocenters. The highest BCUT2D eigenvalue weighted by molar-refractivity contribution is 7.13. The maximum Gasteiger partial charge on any atom is 0.129 e. The molecule has 4 nitrogen and oxygen atoms in total. The molecule has 0 radical (unpaired) electrons. The van der Waals surface area contributed by atoms with Gasteiger partial charge >= 0.3 is 0 Å². The van der Waals surface area contributed by atoms with Gasteiger partial charge in [0.2, 0.25) is 0 Å². The normalized spacial score (nSPS) is 12.7. The van der Waals surface area contributed by atoms with E-state index in [-0.39, 0.29) is 0 Å². The fourth-order valence-electron chi connectivity index (χ4n) is 1.81. The fraction of sp³-hybridized carbons (Fsp3) is 0.500. The molecule has 0 saturated heterocycles. The Labute approximate surface area is 117 Å². The van der Waals surface area contributed by atoms with E-state index < -0.39 is 6.10 Å². The Bertz CT molecular complexity index is 501. The number of hydrogen-bond acceptors (Lipinski definition) is 5. The lowest BCUT2D eigenvalue weighted by atomic mass is 10.2. The van der Waals surface area contributed by atoms with Crippen LogP contribution in [0, 0.1) is 0 Å². The molecule has 2 rings (SSSR count). The average Bonchev–Trinajstić information content (AvgIpc) is 2.90. The summed E-state index contributed by atoms with van der Waals surface area (Å²) in [4.78, 5) is 0. The van der Waals surface area contributed by atoms with Crippen molar-refractivity contribution in [3.63, 3.8) is 0 Å². The van der Waals surface area contributed by atoms with E-state index in [1.807, 2.05) is 18.2 Å². The molecule has 1 aromatic carbocycles. The lowest BCUT2D eigenvalue weighted by Crippen LogP contribution is -2.31. The number of nitrogens with zero attached hydrogens (tertiary/aromatic N) is 1. The number of benzene rings is 1. The second kappa shape index (κ2) is 7.43. The summed E-state index contributed by atoms with van der Waals surface area (Å²) >= 11 is 1.45. The largest absolute Gasteiger partial charge is 0.490 e. The van der Waals surface area contributed by atoms with E-state index >= 15 is 0 Å². The van der Waals surface area contributed by atoms with Gasteiger partial charge in [0, 0.05) is 6.54 Å². The van der Waals surface area contributed by atoms with Crippen molar-refractivity contribution in [3.8, 4) is 5.75 Å². The van der Waals surface area contributed by atoms with Crippen LogP contribution in [0.2, 0.25) is 0 Å². The lowest BCUT2D eigenvalue weighted by Gasteiger charge is -2.13. The number of rotatable bonds is 8. The summed E-state index contributed by atoms with van der Waals surface area (Å²) in [5.41, 5.74) is 0. The van der Waals surface area contributed by atoms with Gasteiger partial charge in [0.25, 0.3) is 0 Å². The van der Waals surface area contributed by atoms with E-state index in [9.17, 15) is 5.11 Å². The molecule has 19 heavy (non-hydrogen) atoms. The second-order valence-corrected chi connectivity index (χ2v) is 5.35. The molecule has 0 aliphatic carbocycles. The number of fused-ring (bicyclic) bond motifs is 1. The first-order valence-electron chi connectivity index (χ1n) is 6.66. The molecule has 0 amide bonds. The zero-order valence-electron chi connectivity index (χ0n) is 11.1. The van der Waals surface area contributed by atoms with Gasteiger partial charge in [-0.25, -0.2) is 0 Å². The zero-order chi connectivity index (χ0) is 13.5. The Morgan fingerprint density at radius 1 is 1.47 bits per heavy atom. The molecule has 104 valence electrons. The van der Waals surface area contributed by atoms with E-state index in [4.69, 9.17) is 4.74 Å². The van der Waals surface area contributed by atoms with E-state index in [2.05, 4.69) is 16.6 Å². The first kappa shape index (κ1) is 14.2. The summed E-state index contributed by atoms with van der Waals surface area (Å²) in [6.45, 7) is 3.96. The number of unbranched alkanes of at least 4 members (excludes halogenated alkanes) is 1. The van der Waals surface area contributed by atoms with Crippen LogP contribution in [-0.4, -0.2) is 35.3 Å². The lowest BCUT2D eigenvalue weighted by molar-refractivity contribution is 0.107. The first-order chi connectivity index (χ1) is 9.31. The van der Waals surface area contributed by atoms with E-state index in [1.54, 1.807) is 6.20 Å². The summed E-state index contributed by atoms with van der Waals surface area (Å²) in [5, 5.41) is 14.1. The molecule has 1 heterocycles. The van der Waals surface area contributed by atoms with E-state index in [0.717, 1.165) is 35.2 Å². The van der Waals surface area contributed by atoms with Crippen molar-refractivity contribution in [2.75, 3.05) is 19.7 Å². The van der Waals surface area contributed by atoms with Crippen LogP contribution in [0.15, 0.2) is 24.4 Å². The number of aliphatic hydroxyl groups is 1. The molecule has 1 unspecified atom stereocenters. The van der Waals surface area contributed by atoms with Crippen LogP contribution in [0.25, 0.3) is 10.1 Å². The first-order valence-corrected chi connectivity index (χ1v) is 7.43. The minimum absolute atomic E-state index is 0.300. The molecular weight excluding hydrogens is 260 g/mol. The predicted molar refractivity (Wildman–Crippen MR) is 78.9 cm³/mol. The van der Waals surface area contributed by atoms with Crippen molar-refractivity contribution < 1.29 is 9.84 Å². The Kier molecular flexibility index (Phi) is 5.57. The highest BCUT2D eigenvalue weighted by atomic mass is 32.1. The maximum atomic E-state index is 9.83. The van der Waals surface area contributed by atoms with Crippen LogP contribution in [0.4, 0.5) is 0 Å². The Morgan fingerprint density at radius 3 is 3.21 bits per heavy atom. The minimum Gasteiger partial charge on any atom is -0.490 e. The van der Waals surface area contributed by atoms with Gasteiger partial charge in [-0.2, -0.15) is 4.37 Å². The van der Waals surface area contributed by atoms with Crippen molar-refractivity contribution in [2.24, 2.45) is 0 Å². The summed E-state index contributed by atoms with van der Waals surface area (Å²) in [7, 11) is 0. The average molecular weight is 280 g/mol. The van der Waals surface area contributed by atoms with Crippen molar-refractivity contribution in [3.05, 3.63) is 24.4 Å². The fourth-order valence-corrected chi connectivity index (χ4v) is 2.47. The van der Waals surface area contributed by atoms with Gasteiger partial charge in [-0.05, 0) is 36.6 Å². The third-order valence-electron chi connectivity index (χ3n) is 2.88. The minimum atomic E-state index is -0.487. The zero-order valence-corrected chi connectivity index (χ0v) is 11.9. The molecule has 0 aliphatic heterocycles. The predicted octanol–water partition coefficient (Wildman–Crippen LogP) is 2.43. The summed E-state index contributed by atoms with van der Waals surface area (Å²) < 4.78 is 10.9. The molecule has 2 aromatic rings. The summed E-state index contributed by atoms with van der Waals surface area (Å²) in [6, 6.07) is 5.87. The van der Waals surface area contributed by atoms with Gasteiger partial charge in [-0.15, -0.1) is 0 Å². The van der Waals surface area contributed by atoms with Crippen molar-refractivity contribution in [1.82, 2.24) is 9.69 Å².